The molecule has 1 rings (SSSR count). The number of carbonyl (C=O) groups is 1. The molecule has 0 heterocycles. The van der Waals surface area contributed by atoms with Crippen molar-refractivity contribution in [2.75, 3.05) is 0 Å². The van der Waals surface area contributed by atoms with Gasteiger partial charge in [0.25, 0.3) is 0 Å². The summed E-state index contributed by atoms with van der Waals surface area (Å²) in [5.74, 6) is 0.779. The Morgan fingerprint density at radius 2 is 2.08 bits per heavy atom. The zero-order chi connectivity index (χ0) is 8.81. The number of ether oxygens (including phenoxy) is 1. The number of rotatable bonds is 1. The van der Waals surface area contributed by atoms with Crippen LogP contribution in [0.1, 0.15) is 25.7 Å². The van der Waals surface area contributed by atoms with Crippen LogP contribution in [-0.4, -0.2) is 4.88 Å². The van der Waals surface area contributed by atoms with Gasteiger partial charge in [0.2, 0.25) is 0 Å². The van der Waals surface area contributed by atoms with Crippen LogP contribution < -0.4 is 0 Å². The number of hydrogen-bond acceptors (Lipinski definition) is 2. The van der Waals surface area contributed by atoms with Gasteiger partial charge in [0.1, 0.15) is 5.76 Å². The van der Waals surface area contributed by atoms with E-state index in [1.165, 1.54) is 0 Å². The van der Waals surface area contributed by atoms with Crippen molar-refractivity contribution in [2.24, 2.45) is 0 Å². The summed E-state index contributed by atoms with van der Waals surface area (Å²) in [5.41, 5.74) is 0. The Morgan fingerprint density at radius 3 is 2.83 bits per heavy atom. The second-order valence-electron chi connectivity index (χ2n) is 2.60. The minimum atomic E-state index is -0.404. The third kappa shape index (κ3) is 3.72. The lowest BCUT2D eigenvalue weighted by Gasteiger charge is -2.06. The first-order valence-electron chi connectivity index (χ1n) is 4.00. The van der Waals surface area contributed by atoms with Crippen LogP contribution in [0.3, 0.4) is 0 Å². The van der Waals surface area contributed by atoms with Gasteiger partial charge in [-0.25, -0.2) is 4.79 Å². The molecule has 0 N–H and O–H groups in total. The summed E-state index contributed by atoms with van der Waals surface area (Å²) >= 11 is 2.73. The second kappa shape index (κ2) is 5.14. The first kappa shape index (κ1) is 9.52. The van der Waals surface area contributed by atoms with Crippen LogP contribution in [0.4, 0.5) is 4.79 Å². The maximum atomic E-state index is 10.5. The Morgan fingerprint density at radius 1 is 1.33 bits per heavy atom. The highest BCUT2D eigenvalue weighted by atomic mass is 79.9. The van der Waals surface area contributed by atoms with Crippen molar-refractivity contribution in [3.63, 3.8) is 0 Å². The fraction of sp³-hybridized carbons (Fsp3) is 0.444. The molecular formula is C9H11BrO2. The lowest BCUT2D eigenvalue weighted by atomic mass is 10.1. The Hall–Kier alpha value is -0.570. The Balaban J connectivity index is 2.45. The Bertz CT molecular complexity index is 219. The van der Waals surface area contributed by atoms with Crippen LogP contribution >= 0.6 is 15.9 Å². The largest absolute Gasteiger partial charge is 0.423 e. The summed E-state index contributed by atoms with van der Waals surface area (Å²) in [6, 6.07) is 0. The molecule has 2 nitrogen and oxygen atoms in total. The van der Waals surface area contributed by atoms with Gasteiger partial charge in [-0.15, -0.1) is 0 Å². The lowest BCUT2D eigenvalue weighted by molar-refractivity contribution is 0.202. The molecule has 3 heteroatoms. The molecule has 0 fully saturated rings. The summed E-state index contributed by atoms with van der Waals surface area (Å²) in [7, 11) is 0. The summed E-state index contributed by atoms with van der Waals surface area (Å²) in [6.45, 7) is 0. The summed E-state index contributed by atoms with van der Waals surface area (Å²) in [5, 5.41) is 0. The van der Waals surface area contributed by atoms with Crippen molar-refractivity contribution in [3.8, 4) is 0 Å². The zero-order valence-electron chi connectivity index (χ0n) is 6.75. The van der Waals surface area contributed by atoms with Crippen LogP contribution in [-0.2, 0) is 4.74 Å². The smallest absolute Gasteiger partial charge is 0.379 e. The first-order valence-corrected chi connectivity index (χ1v) is 4.79. The Labute approximate surface area is 80.4 Å². The number of carbonyl (C=O) groups excluding carboxylic acids is 1. The highest BCUT2D eigenvalue weighted by Gasteiger charge is 2.03. The highest BCUT2D eigenvalue weighted by molar-refractivity contribution is 9.18. The molecule has 12 heavy (non-hydrogen) atoms. The molecule has 0 bridgehead atoms. The van der Waals surface area contributed by atoms with E-state index < -0.39 is 4.88 Å². The molecule has 0 amide bonds. The van der Waals surface area contributed by atoms with Crippen molar-refractivity contribution in [1.29, 1.82) is 0 Å². The van der Waals surface area contributed by atoms with E-state index in [1.54, 1.807) is 0 Å². The topological polar surface area (TPSA) is 26.3 Å². The van der Waals surface area contributed by atoms with Gasteiger partial charge in [-0.05, 0) is 25.3 Å². The summed E-state index contributed by atoms with van der Waals surface area (Å²) in [4.78, 5) is 10.1. The van der Waals surface area contributed by atoms with Gasteiger partial charge in [-0.3, -0.25) is 0 Å². The fourth-order valence-corrected chi connectivity index (χ4v) is 1.31. The fourth-order valence-electron chi connectivity index (χ4n) is 1.10. The molecule has 0 saturated heterocycles. The Kier molecular flexibility index (Phi) is 4.08. The molecular weight excluding hydrogens is 220 g/mol. The normalized spacial score (nSPS) is 24.6. The molecule has 0 radical (unpaired) electrons. The van der Waals surface area contributed by atoms with Crippen LogP contribution in [0.15, 0.2) is 24.0 Å². The summed E-state index contributed by atoms with van der Waals surface area (Å²) < 4.78 is 4.93. The van der Waals surface area contributed by atoms with Crippen LogP contribution in [0.2, 0.25) is 0 Å². The van der Waals surface area contributed by atoms with Crippen molar-refractivity contribution >= 4 is 20.8 Å². The molecule has 0 aromatic rings. The molecule has 66 valence electrons. The van der Waals surface area contributed by atoms with E-state index in [9.17, 15) is 4.79 Å². The average Bonchev–Trinajstić information content (AvgIpc) is 1.93. The van der Waals surface area contributed by atoms with Crippen molar-refractivity contribution < 1.29 is 9.53 Å². The molecule has 0 aromatic heterocycles. The predicted octanol–water partition coefficient (Wildman–Crippen LogP) is 3.53. The standard InChI is InChI=1S/C9H11BrO2/c10-9(11)12-8-6-4-2-1-3-5-7-8/h1-2,7H,3-6H2/b2-1-,8-7+. The number of allylic oxidation sites excluding steroid dienone is 4. The molecule has 0 spiro atoms. The number of hydrogen-bond donors (Lipinski definition) is 0. The maximum absolute atomic E-state index is 10.5. The van der Waals surface area contributed by atoms with E-state index in [4.69, 9.17) is 4.74 Å². The van der Waals surface area contributed by atoms with E-state index in [-0.39, 0.29) is 0 Å². The van der Waals surface area contributed by atoms with Crippen LogP contribution in [0.25, 0.3) is 0 Å². The third-order valence-corrected chi connectivity index (χ3v) is 1.80. The average molecular weight is 231 g/mol. The van der Waals surface area contributed by atoms with E-state index >= 15 is 0 Å². The number of halogens is 1. The minimum Gasteiger partial charge on any atom is -0.423 e. The monoisotopic (exact) mass is 230 g/mol. The van der Waals surface area contributed by atoms with E-state index in [0.717, 1.165) is 31.4 Å². The van der Waals surface area contributed by atoms with Gasteiger partial charge in [0.15, 0.2) is 0 Å². The maximum Gasteiger partial charge on any atom is 0.379 e. The molecule has 0 atom stereocenters. The van der Waals surface area contributed by atoms with E-state index in [2.05, 4.69) is 28.1 Å². The van der Waals surface area contributed by atoms with Crippen LogP contribution in [0, 0.1) is 0 Å². The van der Waals surface area contributed by atoms with Crippen molar-refractivity contribution in [3.05, 3.63) is 24.0 Å². The van der Waals surface area contributed by atoms with Gasteiger partial charge in [-0.2, -0.15) is 0 Å². The van der Waals surface area contributed by atoms with Gasteiger partial charge in [-0.1, -0.05) is 12.2 Å². The molecule has 1 aliphatic carbocycles. The van der Waals surface area contributed by atoms with Crippen LogP contribution in [0.5, 0.6) is 0 Å². The zero-order valence-corrected chi connectivity index (χ0v) is 8.34. The highest BCUT2D eigenvalue weighted by Crippen LogP contribution is 2.14. The van der Waals surface area contributed by atoms with Gasteiger partial charge < -0.3 is 4.74 Å². The second-order valence-corrected chi connectivity index (χ2v) is 3.25. The minimum absolute atomic E-state index is 0.404. The molecule has 0 aromatic carbocycles. The van der Waals surface area contributed by atoms with Crippen molar-refractivity contribution in [1.82, 2.24) is 0 Å². The third-order valence-electron chi connectivity index (χ3n) is 1.64. The van der Waals surface area contributed by atoms with Crippen molar-refractivity contribution in [2.45, 2.75) is 25.7 Å². The molecule has 0 unspecified atom stereocenters. The van der Waals surface area contributed by atoms with E-state index in [1.807, 2.05) is 6.08 Å². The molecule has 0 saturated carbocycles. The van der Waals surface area contributed by atoms with Gasteiger partial charge in [0.05, 0.1) is 0 Å². The molecule has 1 aliphatic rings. The predicted molar refractivity (Wildman–Crippen MR) is 51.1 cm³/mol. The van der Waals surface area contributed by atoms with Gasteiger partial charge >= 0.3 is 4.88 Å². The van der Waals surface area contributed by atoms with E-state index in [0.29, 0.717) is 0 Å². The summed E-state index contributed by atoms with van der Waals surface area (Å²) in [6.07, 6.45) is 10.00. The first-order chi connectivity index (χ1) is 5.79. The molecule has 0 aliphatic heterocycles. The quantitative estimate of drug-likeness (QED) is 0.509. The SMILES string of the molecule is O=C(Br)O/C1=C/CC/C=C\CC1. The lowest BCUT2D eigenvalue weighted by Crippen LogP contribution is -1.95. The van der Waals surface area contributed by atoms with Gasteiger partial charge in [0, 0.05) is 22.4 Å².